The van der Waals surface area contributed by atoms with E-state index in [0.29, 0.717) is 10.4 Å². The molecule has 0 bridgehead atoms. The summed E-state index contributed by atoms with van der Waals surface area (Å²) >= 11 is 3.26. The minimum absolute atomic E-state index is 0.0255. The van der Waals surface area contributed by atoms with E-state index in [-0.39, 0.29) is 21.9 Å². The summed E-state index contributed by atoms with van der Waals surface area (Å²) in [6.07, 6.45) is 4.31. The number of nitrogens with two attached hydrogens (primary N) is 1. The molecule has 1 spiro atoms. The number of carbonyl (C=O) groups is 1. The molecule has 1 aromatic heterocycles. The number of nitrogens with zero attached hydrogens (tertiary/aromatic N) is 3. The third-order valence-corrected chi connectivity index (χ3v) is 8.26. The van der Waals surface area contributed by atoms with Crippen LogP contribution in [0.3, 0.4) is 0 Å². The van der Waals surface area contributed by atoms with Gasteiger partial charge in [0.2, 0.25) is 0 Å². The molecule has 31 heavy (non-hydrogen) atoms. The fraction of sp³-hybridized carbons (Fsp3) is 0.500. The van der Waals surface area contributed by atoms with E-state index in [2.05, 4.69) is 59.8 Å². The van der Waals surface area contributed by atoms with Crippen LogP contribution in [0.4, 0.5) is 5.82 Å². The highest BCUT2D eigenvalue weighted by molar-refractivity contribution is 9.10. The second-order valence-corrected chi connectivity index (χ2v) is 12.2. The van der Waals surface area contributed by atoms with Crippen LogP contribution >= 0.6 is 15.9 Å². The lowest BCUT2D eigenvalue weighted by Gasteiger charge is -2.44. The van der Waals surface area contributed by atoms with Crippen molar-refractivity contribution in [1.29, 1.82) is 0 Å². The number of fused-ring (bicyclic) bond motifs is 1. The van der Waals surface area contributed by atoms with Crippen LogP contribution in [0.2, 0.25) is 0 Å². The highest BCUT2D eigenvalue weighted by atomic mass is 79.9. The van der Waals surface area contributed by atoms with Gasteiger partial charge in [-0.15, -0.1) is 0 Å². The molecule has 1 aliphatic heterocycles. The molecule has 4 rings (SSSR count). The smallest absolute Gasteiger partial charge is 0.271 e. The molecular weight excluding hydrogens is 478 g/mol. The maximum atomic E-state index is 13.0. The van der Waals surface area contributed by atoms with Gasteiger partial charge in [-0.25, -0.2) is 18.9 Å². The number of primary amides is 1. The van der Waals surface area contributed by atoms with E-state index < -0.39 is 16.9 Å². The Morgan fingerprint density at radius 1 is 1.29 bits per heavy atom. The first kappa shape index (κ1) is 22.4. The van der Waals surface area contributed by atoms with E-state index in [0.717, 1.165) is 32.4 Å². The first-order valence-electron chi connectivity index (χ1n) is 10.4. The number of hydrogen-bond acceptors (Lipinski definition) is 5. The number of piperidine rings is 1. The topological polar surface area (TPSA) is 101 Å². The van der Waals surface area contributed by atoms with Crippen LogP contribution < -0.4 is 15.4 Å². The summed E-state index contributed by atoms with van der Waals surface area (Å²) in [5, 5.41) is 0. The number of benzene rings is 1. The SMILES string of the molecule is CC(C)(C)S(=O)N[C@@H]1c2ccccc2CC12CCN(c1ncc(Br)nc1C(N)=O)CC2. The number of halogens is 1. The van der Waals surface area contributed by atoms with Gasteiger partial charge in [-0.3, -0.25) is 4.79 Å². The van der Waals surface area contributed by atoms with Crippen molar-refractivity contribution in [3.63, 3.8) is 0 Å². The van der Waals surface area contributed by atoms with Crippen molar-refractivity contribution in [2.45, 2.75) is 50.8 Å². The number of nitrogens with one attached hydrogen (secondary N) is 1. The molecule has 0 saturated carbocycles. The molecule has 1 amide bonds. The molecule has 0 radical (unpaired) electrons. The van der Waals surface area contributed by atoms with Gasteiger partial charge in [-0.2, -0.15) is 0 Å². The predicted octanol–water partition coefficient (Wildman–Crippen LogP) is 3.27. The van der Waals surface area contributed by atoms with Crippen LogP contribution in [-0.2, 0) is 17.4 Å². The minimum atomic E-state index is -1.17. The maximum absolute atomic E-state index is 13.0. The van der Waals surface area contributed by atoms with Crippen molar-refractivity contribution in [2.24, 2.45) is 11.1 Å². The average Bonchev–Trinajstić information content (AvgIpc) is 3.01. The van der Waals surface area contributed by atoms with Crippen LogP contribution in [-0.4, -0.2) is 37.9 Å². The Hall–Kier alpha value is -1.84. The molecule has 3 N–H and O–H groups in total. The summed E-state index contributed by atoms with van der Waals surface area (Å²) < 4.78 is 16.6. The third-order valence-electron chi connectivity index (χ3n) is 6.32. The van der Waals surface area contributed by atoms with Gasteiger partial charge in [0.25, 0.3) is 5.91 Å². The van der Waals surface area contributed by atoms with Gasteiger partial charge in [-0.1, -0.05) is 24.3 Å². The van der Waals surface area contributed by atoms with Crippen molar-refractivity contribution in [2.75, 3.05) is 18.0 Å². The van der Waals surface area contributed by atoms with Crippen molar-refractivity contribution < 1.29 is 9.00 Å². The van der Waals surface area contributed by atoms with E-state index in [1.54, 1.807) is 6.20 Å². The van der Waals surface area contributed by atoms with Gasteiger partial charge in [0.1, 0.15) is 4.60 Å². The zero-order chi connectivity index (χ0) is 22.4. The van der Waals surface area contributed by atoms with E-state index in [4.69, 9.17) is 5.73 Å². The molecule has 1 fully saturated rings. The first-order valence-corrected chi connectivity index (χ1v) is 12.4. The molecule has 2 atom stereocenters. The lowest BCUT2D eigenvalue weighted by atomic mass is 9.73. The van der Waals surface area contributed by atoms with E-state index >= 15 is 0 Å². The largest absolute Gasteiger partial charge is 0.364 e. The molecule has 2 heterocycles. The van der Waals surface area contributed by atoms with Crippen LogP contribution in [0.15, 0.2) is 35.1 Å². The second-order valence-electron chi connectivity index (χ2n) is 9.39. The summed E-state index contributed by atoms with van der Waals surface area (Å²) in [7, 11) is -1.17. The summed E-state index contributed by atoms with van der Waals surface area (Å²) in [5.74, 6) is -0.0543. The predicted molar refractivity (Wildman–Crippen MR) is 126 cm³/mol. The second kappa shape index (κ2) is 8.26. The molecule has 2 aliphatic rings. The number of anilines is 1. The molecule has 7 nitrogen and oxygen atoms in total. The lowest BCUT2D eigenvalue weighted by molar-refractivity contribution is 0.0995. The highest BCUT2D eigenvalue weighted by Gasteiger charge is 2.49. The van der Waals surface area contributed by atoms with Crippen molar-refractivity contribution in [3.05, 3.63) is 51.9 Å². The molecular formula is C22H28BrN5O2S. The molecule has 1 saturated heterocycles. The standard InChI is InChI=1S/C22H28BrN5O2S/c1-21(2,3)31(30)27-18-15-7-5-4-6-14(15)12-22(18)8-10-28(11-9-22)20-17(19(24)29)26-16(23)13-25-20/h4-7,13,18,27H,8-12H2,1-3H3,(H2,24,29)/t18-,31?/m1/s1. The van der Waals surface area contributed by atoms with Gasteiger partial charge in [0, 0.05) is 13.1 Å². The van der Waals surface area contributed by atoms with Gasteiger partial charge in [0.15, 0.2) is 11.5 Å². The minimum Gasteiger partial charge on any atom is -0.364 e. The molecule has 166 valence electrons. The molecule has 9 heteroatoms. The Bertz CT molecular complexity index is 1030. The fourth-order valence-electron chi connectivity index (χ4n) is 4.65. The quantitative estimate of drug-likeness (QED) is 0.663. The van der Waals surface area contributed by atoms with E-state index in [9.17, 15) is 9.00 Å². The summed E-state index contributed by atoms with van der Waals surface area (Å²) in [4.78, 5) is 22.7. The maximum Gasteiger partial charge on any atom is 0.271 e. The van der Waals surface area contributed by atoms with Gasteiger partial charge < -0.3 is 10.6 Å². The molecule has 1 aromatic carbocycles. The summed E-state index contributed by atoms with van der Waals surface area (Å²) in [6.45, 7) is 7.42. The molecule has 2 aromatic rings. The Labute approximate surface area is 193 Å². The van der Waals surface area contributed by atoms with Crippen LogP contribution in [0.5, 0.6) is 0 Å². The van der Waals surface area contributed by atoms with Gasteiger partial charge in [-0.05, 0) is 72.5 Å². The van der Waals surface area contributed by atoms with E-state index in [1.807, 2.05) is 20.8 Å². The van der Waals surface area contributed by atoms with Crippen LogP contribution in [0, 0.1) is 5.41 Å². The lowest BCUT2D eigenvalue weighted by Crippen LogP contribution is -2.48. The Morgan fingerprint density at radius 2 is 1.97 bits per heavy atom. The van der Waals surface area contributed by atoms with Crippen molar-refractivity contribution in [1.82, 2.24) is 14.7 Å². The zero-order valence-electron chi connectivity index (χ0n) is 18.0. The van der Waals surface area contributed by atoms with E-state index in [1.165, 1.54) is 11.1 Å². The van der Waals surface area contributed by atoms with Crippen molar-refractivity contribution in [3.8, 4) is 0 Å². The number of aromatic nitrogens is 2. The first-order chi connectivity index (χ1) is 14.6. The number of amides is 1. The number of carbonyl (C=O) groups excluding carboxylic acids is 1. The molecule has 1 unspecified atom stereocenters. The monoisotopic (exact) mass is 505 g/mol. The summed E-state index contributed by atoms with van der Waals surface area (Å²) in [5.41, 5.74) is 8.27. The third kappa shape index (κ3) is 4.27. The summed E-state index contributed by atoms with van der Waals surface area (Å²) in [6, 6.07) is 8.48. The Kier molecular flexibility index (Phi) is 5.95. The van der Waals surface area contributed by atoms with Crippen LogP contribution in [0.1, 0.15) is 61.3 Å². The number of hydrogen-bond donors (Lipinski definition) is 2. The zero-order valence-corrected chi connectivity index (χ0v) is 20.4. The van der Waals surface area contributed by atoms with Gasteiger partial charge in [0.05, 0.1) is 28.0 Å². The van der Waals surface area contributed by atoms with Gasteiger partial charge >= 0.3 is 0 Å². The van der Waals surface area contributed by atoms with Crippen LogP contribution in [0.25, 0.3) is 0 Å². The number of rotatable bonds is 4. The highest BCUT2D eigenvalue weighted by Crippen LogP contribution is 2.52. The normalized spacial score (nSPS) is 21.2. The molecule has 1 aliphatic carbocycles. The Morgan fingerprint density at radius 3 is 2.61 bits per heavy atom. The fourth-order valence-corrected chi connectivity index (χ4v) is 5.87. The average molecular weight is 506 g/mol. The Balaban J connectivity index is 1.61. The van der Waals surface area contributed by atoms with Crippen molar-refractivity contribution >= 4 is 38.6 Å².